The fourth-order valence-corrected chi connectivity index (χ4v) is 3.95. The lowest BCUT2D eigenvalue weighted by molar-refractivity contribution is -0.138. The van der Waals surface area contributed by atoms with Gasteiger partial charge in [-0.3, -0.25) is 4.79 Å². The molecule has 0 saturated carbocycles. The van der Waals surface area contributed by atoms with Gasteiger partial charge in [0.05, 0.1) is 6.26 Å². The van der Waals surface area contributed by atoms with Gasteiger partial charge in [0, 0.05) is 11.5 Å². The van der Waals surface area contributed by atoms with E-state index in [0.29, 0.717) is 5.75 Å². The second-order valence-corrected chi connectivity index (χ2v) is 9.63. The van der Waals surface area contributed by atoms with E-state index in [0.717, 1.165) is 31.9 Å². The molecule has 0 unspecified atom stereocenters. The molecule has 0 aliphatic rings. The number of hydrogen-bond acceptors (Lipinski definition) is 4. The molecule has 0 heterocycles. The number of carboxylic acids is 1. The molecule has 0 aromatic carbocycles. The molecule has 150 valence electrons. The van der Waals surface area contributed by atoms with Crippen LogP contribution in [0.15, 0.2) is 34.9 Å². The second-order valence-electron chi connectivity index (χ2n) is 6.78. The summed E-state index contributed by atoms with van der Waals surface area (Å²) in [7, 11) is -3.52. The number of thioether (sulfide) groups is 1. The van der Waals surface area contributed by atoms with E-state index in [-0.39, 0.29) is 5.75 Å². The van der Waals surface area contributed by atoms with E-state index in [2.05, 4.69) is 50.6 Å². The molecule has 0 fully saturated rings. The maximum Gasteiger partial charge on any atom is 0.322 e. The van der Waals surface area contributed by atoms with Crippen LogP contribution in [-0.2, 0) is 14.8 Å². The molecular weight excluding hydrogens is 370 g/mol. The zero-order valence-corrected chi connectivity index (χ0v) is 18.2. The highest BCUT2D eigenvalue weighted by atomic mass is 32.2. The molecule has 0 spiro atoms. The summed E-state index contributed by atoms with van der Waals surface area (Å²) >= 11 is 1.41. The van der Waals surface area contributed by atoms with Gasteiger partial charge in [-0.15, -0.1) is 0 Å². The normalized spacial score (nSPS) is 14.2. The Labute approximate surface area is 163 Å². The highest BCUT2D eigenvalue weighted by Crippen LogP contribution is 2.13. The van der Waals surface area contributed by atoms with Crippen molar-refractivity contribution in [1.82, 2.24) is 4.72 Å². The van der Waals surface area contributed by atoms with Crippen LogP contribution in [0.4, 0.5) is 0 Å². The Hall–Kier alpha value is -1.05. The van der Waals surface area contributed by atoms with Crippen molar-refractivity contribution in [2.45, 2.75) is 59.4 Å². The topological polar surface area (TPSA) is 83.5 Å². The van der Waals surface area contributed by atoms with Gasteiger partial charge in [-0.05, 0) is 53.4 Å². The fraction of sp³-hybridized carbons (Fsp3) is 0.632. The highest BCUT2D eigenvalue weighted by Gasteiger charge is 2.20. The average molecular weight is 404 g/mol. The summed E-state index contributed by atoms with van der Waals surface area (Å²) in [6, 6.07) is -1.09. The first-order valence-corrected chi connectivity index (χ1v) is 11.8. The molecule has 0 amide bonds. The average Bonchev–Trinajstić information content (AvgIpc) is 2.48. The minimum atomic E-state index is -3.52. The van der Waals surface area contributed by atoms with Gasteiger partial charge in [0.1, 0.15) is 6.04 Å². The van der Waals surface area contributed by atoms with Gasteiger partial charge in [0.2, 0.25) is 10.0 Å². The van der Waals surface area contributed by atoms with E-state index in [4.69, 9.17) is 5.11 Å². The van der Waals surface area contributed by atoms with Crippen molar-refractivity contribution < 1.29 is 18.3 Å². The van der Waals surface area contributed by atoms with Crippen molar-refractivity contribution in [2.24, 2.45) is 0 Å². The Kier molecular flexibility index (Phi) is 12.6. The van der Waals surface area contributed by atoms with Gasteiger partial charge in [0.15, 0.2) is 0 Å². The molecule has 0 aromatic heterocycles. The van der Waals surface area contributed by atoms with E-state index in [1.807, 2.05) is 0 Å². The van der Waals surface area contributed by atoms with Crippen LogP contribution in [-0.4, -0.2) is 43.3 Å². The van der Waals surface area contributed by atoms with E-state index < -0.39 is 22.0 Å². The van der Waals surface area contributed by atoms with Gasteiger partial charge in [-0.1, -0.05) is 34.9 Å². The van der Waals surface area contributed by atoms with Crippen molar-refractivity contribution in [2.75, 3.05) is 17.8 Å². The van der Waals surface area contributed by atoms with Gasteiger partial charge in [-0.2, -0.15) is 11.8 Å². The summed E-state index contributed by atoms with van der Waals surface area (Å²) in [4.78, 5) is 11.1. The first-order chi connectivity index (χ1) is 12.0. The van der Waals surface area contributed by atoms with Crippen molar-refractivity contribution in [3.63, 3.8) is 0 Å². The first kappa shape index (κ1) is 24.9. The summed E-state index contributed by atoms with van der Waals surface area (Å²) < 4.78 is 24.4. The van der Waals surface area contributed by atoms with Crippen LogP contribution in [0.2, 0.25) is 0 Å². The molecule has 0 rings (SSSR count). The third kappa shape index (κ3) is 15.2. The number of rotatable bonds is 13. The van der Waals surface area contributed by atoms with Crippen LogP contribution in [0.5, 0.6) is 0 Å². The second kappa shape index (κ2) is 13.2. The lowest BCUT2D eigenvalue weighted by Crippen LogP contribution is -2.42. The number of hydrogen-bond donors (Lipinski definition) is 2. The van der Waals surface area contributed by atoms with E-state index >= 15 is 0 Å². The SMILES string of the molecule is CC(C)=CCC/C(C)=C/CC/C(C)=C/CSC[C@H](NS(C)(=O)=O)C(=O)O. The number of nitrogens with one attached hydrogen (secondary N) is 1. The number of allylic oxidation sites excluding steroid dienone is 5. The van der Waals surface area contributed by atoms with Crippen molar-refractivity contribution in [1.29, 1.82) is 0 Å². The molecule has 1 atom stereocenters. The van der Waals surface area contributed by atoms with E-state index in [9.17, 15) is 13.2 Å². The van der Waals surface area contributed by atoms with Crippen molar-refractivity contribution in [3.05, 3.63) is 34.9 Å². The standard InChI is InChI=1S/C19H33NO4S2/c1-15(2)8-6-9-16(3)10-7-11-17(4)12-13-25-14-18(19(21)22)20-26(5,23)24/h8,10,12,18,20H,6-7,9,11,13-14H2,1-5H3,(H,21,22)/b16-10+,17-12+/t18-/m0/s1. The predicted octanol–water partition coefficient (Wildman–Crippen LogP) is 4.14. The van der Waals surface area contributed by atoms with Gasteiger partial charge in [-0.25, -0.2) is 13.1 Å². The summed E-state index contributed by atoms with van der Waals surface area (Å²) in [5.74, 6) is -0.280. The Bertz CT molecular complexity index is 630. The molecule has 0 bridgehead atoms. The number of aliphatic carboxylic acids is 1. The Morgan fingerprint density at radius 3 is 2.08 bits per heavy atom. The molecule has 7 heteroatoms. The zero-order chi connectivity index (χ0) is 20.2. The number of carboxylic acid groups (broad SMARTS) is 1. The summed E-state index contributed by atoms with van der Waals surface area (Å²) in [5.41, 5.74) is 4.01. The molecule has 0 aliphatic carbocycles. The molecule has 0 saturated heterocycles. The minimum Gasteiger partial charge on any atom is -0.480 e. The van der Waals surface area contributed by atoms with Crippen molar-refractivity contribution in [3.8, 4) is 0 Å². The van der Waals surface area contributed by atoms with Crippen LogP contribution in [0, 0.1) is 0 Å². The third-order valence-electron chi connectivity index (χ3n) is 3.61. The molecule has 26 heavy (non-hydrogen) atoms. The summed E-state index contributed by atoms with van der Waals surface area (Å²) in [6.07, 6.45) is 11.7. The van der Waals surface area contributed by atoms with Crippen LogP contribution in [0.1, 0.15) is 53.4 Å². The molecule has 0 aromatic rings. The quantitative estimate of drug-likeness (QED) is 0.357. The predicted molar refractivity (Wildman–Crippen MR) is 112 cm³/mol. The maximum atomic E-state index is 11.2. The van der Waals surface area contributed by atoms with E-state index in [1.165, 1.54) is 28.5 Å². The fourth-order valence-electron chi connectivity index (χ4n) is 2.14. The Balaban J connectivity index is 4.17. The van der Waals surface area contributed by atoms with Gasteiger partial charge >= 0.3 is 5.97 Å². The molecule has 5 nitrogen and oxygen atoms in total. The van der Waals surface area contributed by atoms with Crippen LogP contribution < -0.4 is 4.72 Å². The van der Waals surface area contributed by atoms with Gasteiger partial charge < -0.3 is 5.11 Å². The number of sulfonamides is 1. The maximum absolute atomic E-state index is 11.2. The van der Waals surface area contributed by atoms with Crippen LogP contribution in [0.25, 0.3) is 0 Å². The molecule has 2 N–H and O–H groups in total. The largest absolute Gasteiger partial charge is 0.480 e. The zero-order valence-electron chi connectivity index (χ0n) is 16.5. The summed E-state index contributed by atoms with van der Waals surface area (Å²) in [5, 5.41) is 9.04. The lowest BCUT2D eigenvalue weighted by Gasteiger charge is -2.11. The monoisotopic (exact) mass is 403 g/mol. The number of carbonyl (C=O) groups is 1. The van der Waals surface area contributed by atoms with Crippen LogP contribution in [0.3, 0.4) is 0 Å². The smallest absolute Gasteiger partial charge is 0.322 e. The Morgan fingerprint density at radius 1 is 1.04 bits per heavy atom. The third-order valence-corrected chi connectivity index (χ3v) is 5.30. The molecular formula is C19H33NO4S2. The van der Waals surface area contributed by atoms with Crippen molar-refractivity contribution >= 4 is 27.8 Å². The lowest BCUT2D eigenvalue weighted by atomic mass is 10.1. The highest BCUT2D eigenvalue weighted by molar-refractivity contribution is 7.99. The van der Waals surface area contributed by atoms with E-state index in [1.54, 1.807) is 0 Å². The Morgan fingerprint density at radius 2 is 1.58 bits per heavy atom. The minimum absolute atomic E-state index is 0.204. The summed E-state index contributed by atoms with van der Waals surface area (Å²) in [6.45, 7) is 8.45. The van der Waals surface area contributed by atoms with Crippen LogP contribution >= 0.6 is 11.8 Å². The first-order valence-electron chi connectivity index (χ1n) is 8.73. The van der Waals surface area contributed by atoms with Gasteiger partial charge in [0.25, 0.3) is 0 Å². The molecule has 0 aliphatic heterocycles. The molecule has 0 radical (unpaired) electrons.